The van der Waals surface area contributed by atoms with Gasteiger partial charge < -0.3 is 11.1 Å². The van der Waals surface area contributed by atoms with Gasteiger partial charge in [-0.2, -0.15) is 0 Å². The van der Waals surface area contributed by atoms with Crippen LogP contribution in [0.5, 0.6) is 0 Å². The number of nitrogens with two attached hydrogens (primary N) is 1. The minimum atomic E-state index is 0.533. The molecule has 2 rings (SSSR count). The van der Waals surface area contributed by atoms with E-state index in [1.54, 1.807) is 0 Å². The van der Waals surface area contributed by atoms with Crippen LogP contribution in [-0.2, 0) is 13.0 Å². The zero-order valence-corrected chi connectivity index (χ0v) is 11.8. The number of aryl methyl sites for hydroxylation is 1. The molecule has 19 heavy (non-hydrogen) atoms. The van der Waals surface area contributed by atoms with E-state index < -0.39 is 0 Å². The molecule has 4 nitrogen and oxygen atoms in total. The van der Waals surface area contributed by atoms with Crippen LogP contribution in [0.4, 0.5) is 11.6 Å². The van der Waals surface area contributed by atoms with E-state index in [1.165, 1.54) is 0 Å². The highest BCUT2D eigenvalue weighted by Crippen LogP contribution is 2.18. The lowest BCUT2D eigenvalue weighted by molar-refractivity contribution is 0.928. The van der Waals surface area contributed by atoms with Crippen LogP contribution in [0.1, 0.15) is 23.9 Å². The van der Waals surface area contributed by atoms with Gasteiger partial charge in [0.15, 0.2) is 0 Å². The van der Waals surface area contributed by atoms with Crippen LogP contribution >= 0.6 is 11.6 Å². The number of hydrogen-bond acceptors (Lipinski definition) is 4. The van der Waals surface area contributed by atoms with Crippen molar-refractivity contribution in [3.05, 3.63) is 46.2 Å². The van der Waals surface area contributed by atoms with Gasteiger partial charge in [0.2, 0.25) is 0 Å². The number of rotatable bonds is 4. The number of nitrogens with one attached hydrogen (secondary N) is 1. The highest BCUT2D eigenvalue weighted by Gasteiger charge is 2.07. The maximum Gasteiger partial charge on any atom is 0.135 e. The van der Waals surface area contributed by atoms with Crippen molar-refractivity contribution in [2.45, 2.75) is 26.8 Å². The predicted molar refractivity (Wildman–Crippen MR) is 79.3 cm³/mol. The van der Waals surface area contributed by atoms with Crippen molar-refractivity contribution >= 4 is 23.2 Å². The van der Waals surface area contributed by atoms with E-state index in [9.17, 15) is 0 Å². The molecule has 3 N–H and O–H groups in total. The quantitative estimate of drug-likeness (QED) is 0.900. The number of hydrogen-bond donors (Lipinski definition) is 2. The zero-order chi connectivity index (χ0) is 13.8. The van der Waals surface area contributed by atoms with Gasteiger partial charge in [-0.3, -0.25) is 0 Å². The van der Waals surface area contributed by atoms with Gasteiger partial charge in [0, 0.05) is 23.6 Å². The fourth-order valence-electron chi connectivity index (χ4n) is 1.70. The lowest BCUT2D eigenvalue weighted by Gasteiger charge is -2.11. The van der Waals surface area contributed by atoms with Gasteiger partial charge >= 0.3 is 0 Å². The molecule has 0 amide bonds. The summed E-state index contributed by atoms with van der Waals surface area (Å²) in [5, 5.41) is 4.03. The topological polar surface area (TPSA) is 63.8 Å². The molecule has 0 saturated carbocycles. The molecule has 0 bridgehead atoms. The van der Waals surface area contributed by atoms with Crippen LogP contribution in [0, 0.1) is 6.92 Å². The van der Waals surface area contributed by atoms with Crippen molar-refractivity contribution in [1.82, 2.24) is 9.97 Å². The van der Waals surface area contributed by atoms with Gasteiger partial charge in [-0.15, -0.1) is 0 Å². The molecule has 0 spiro atoms. The van der Waals surface area contributed by atoms with Crippen LogP contribution in [0.3, 0.4) is 0 Å². The van der Waals surface area contributed by atoms with Crippen molar-refractivity contribution in [2.75, 3.05) is 11.1 Å². The molecule has 2 aromatic rings. The third-order valence-electron chi connectivity index (χ3n) is 2.92. The minimum Gasteiger partial charge on any atom is -0.383 e. The average Bonchev–Trinajstić information content (AvgIpc) is 2.42. The number of benzene rings is 1. The van der Waals surface area contributed by atoms with Crippen molar-refractivity contribution in [3.8, 4) is 0 Å². The van der Waals surface area contributed by atoms with E-state index >= 15 is 0 Å². The number of nitrogen functional groups attached to an aromatic ring is 1. The summed E-state index contributed by atoms with van der Waals surface area (Å²) in [6, 6.07) is 7.71. The fourth-order valence-corrected chi connectivity index (χ4v) is 1.83. The van der Waals surface area contributed by atoms with Crippen molar-refractivity contribution in [1.29, 1.82) is 0 Å². The van der Waals surface area contributed by atoms with Gasteiger partial charge in [-0.1, -0.05) is 30.7 Å². The van der Waals surface area contributed by atoms with Crippen LogP contribution in [0.15, 0.2) is 24.3 Å². The summed E-state index contributed by atoms with van der Waals surface area (Å²) >= 11 is 5.86. The molecule has 1 aromatic heterocycles. The lowest BCUT2D eigenvalue weighted by Crippen LogP contribution is -2.09. The number of anilines is 2. The van der Waals surface area contributed by atoms with Crippen molar-refractivity contribution < 1.29 is 0 Å². The smallest absolute Gasteiger partial charge is 0.135 e. The first-order valence-corrected chi connectivity index (χ1v) is 6.59. The van der Waals surface area contributed by atoms with E-state index in [4.69, 9.17) is 17.3 Å². The Morgan fingerprint density at radius 2 is 1.89 bits per heavy atom. The molecular weight excluding hydrogens is 260 g/mol. The molecular formula is C14H17ClN4. The summed E-state index contributed by atoms with van der Waals surface area (Å²) in [5.74, 6) is 2.08. The maximum absolute atomic E-state index is 5.88. The summed E-state index contributed by atoms with van der Waals surface area (Å²) in [7, 11) is 0. The van der Waals surface area contributed by atoms with E-state index in [0.717, 1.165) is 34.2 Å². The summed E-state index contributed by atoms with van der Waals surface area (Å²) in [6.07, 6.45) is 0.764. The second-order valence-electron chi connectivity index (χ2n) is 4.33. The Morgan fingerprint density at radius 1 is 1.21 bits per heavy atom. The lowest BCUT2D eigenvalue weighted by atomic mass is 10.2. The second-order valence-corrected chi connectivity index (χ2v) is 4.77. The Balaban J connectivity index is 2.14. The molecule has 0 saturated heterocycles. The zero-order valence-electron chi connectivity index (χ0n) is 11.1. The molecule has 0 radical (unpaired) electrons. The third kappa shape index (κ3) is 3.35. The predicted octanol–water partition coefficient (Wildman–Crippen LogP) is 3.20. The number of nitrogens with zero attached hydrogens (tertiary/aromatic N) is 2. The molecule has 5 heteroatoms. The standard InChI is InChI=1S/C14H17ClN4/c1-3-12-18-13(16)9(2)14(19-12)17-8-10-4-6-11(15)7-5-10/h4-7H,3,8H2,1-2H3,(H3,16,17,18,19). The molecule has 1 heterocycles. The molecule has 0 atom stereocenters. The molecule has 0 aliphatic heterocycles. The fraction of sp³-hybridized carbons (Fsp3) is 0.286. The van der Waals surface area contributed by atoms with Crippen LogP contribution in [0.2, 0.25) is 5.02 Å². The molecule has 0 aliphatic carbocycles. The summed E-state index contributed by atoms with van der Waals surface area (Å²) < 4.78 is 0. The molecule has 0 fully saturated rings. The van der Waals surface area contributed by atoms with Gasteiger partial charge in [-0.05, 0) is 24.6 Å². The van der Waals surface area contributed by atoms with Crippen LogP contribution in [-0.4, -0.2) is 9.97 Å². The Labute approximate surface area is 118 Å². The minimum absolute atomic E-state index is 0.533. The van der Waals surface area contributed by atoms with Crippen molar-refractivity contribution in [3.63, 3.8) is 0 Å². The average molecular weight is 277 g/mol. The Bertz CT molecular complexity index is 566. The van der Waals surface area contributed by atoms with Crippen LogP contribution < -0.4 is 11.1 Å². The van der Waals surface area contributed by atoms with Crippen LogP contribution in [0.25, 0.3) is 0 Å². The van der Waals surface area contributed by atoms with Crippen molar-refractivity contribution in [2.24, 2.45) is 0 Å². The van der Waals surface area contributed by atoms with Gasteiger partial charge in [0.05, 0.1) is 0 Å². The summed E-state index contributed by atoms with van der Waals surface area (Å²) in [5.41, 5.74) is 7.90. The highest BCUT2D eigenvalue weighted by atomic mass is 35.5. The normalized spacial score (nSPS) is 10.5. The Kier molecular flexibility index (Phi) is 4.22. The van der Waals surface area contributed by atoms with E-state index in [2.05, 4.69) is 15.3 Å². The van der Waals surface area contributed by atoms with Gasteiger partial charge in [0.1, 0.15) is 17.5 Å². The Hall–Kier alpha value is -1.81. The molecule has 0 unspecified atom stereocenters. The first-order chi connectivity index (χ1) is 9.10. The maximum atomic E-state index is 5.88. The largest absolute Gasteiger partial charge is 0.383 e. The number of halogens is 1. The van der Waals surface area contributed by atoms with E-state index in [1.807, 2.05) is 38.1 Å². The SMILES string of the molecule is CCc1nc(N)c(C)c(NCc2ccc(Cl)cc2)n1. The van der Waals surface area contributed by atoms with E-state index in [-0.39, 0.29) is 0 Å². The van der Waals surface area contributed by atoms with E-state index in [0.29, 0.717) is 12.4 Å². The molecule has 100 valence electrons. The second kappa shape index (κ2) is 5.89. The third-order valence-corrected chi connectivity index (χ3v) is 3.17. The first kappa shape index (κ1) is 13.6. The summed E-state index contributed by atoms with van der Waals surface area (Å²) in [6.45, 7) is 4.60. The highest BCUT2D eigenvalue weighted by molar-refractivity contribution is 6.30. The van der Waals surface area contributed by atoms with Gasteiger partial charge in [0.25, 0.3) is 0 Å². The number of aromatic nitrogens is 2. The molecule has 0 aliphatic rings. The Morgan fingerprint density at radius 3 is 2.53 bits per heavy atom. The first-order valence-electron chi connectivity index (χ1n) is 6.21. The monoisotopic (exact) mass is 276 g/mol. The van der Waals surface area contributed by atoms with Gasteiger partial charge in [-0.25, -0.2) is 9.97 Å². The molecule has 1 aromatic carbocycles. The summed E-state index contributed by atoms with van der Waals surface area (Å²) in [4.78, 5) is 8.68.